The fourth-order valence-electron chi connectivity index (χ4n) is 2.02. The largest absolute Gasteiger partial charge is 0.465 e. The highest BCUT2D eigenvalue weighted by Crippen LogP contribution is 2.22. The van der Waals surface area contributed by atoms with E-state index in [9.17, 15) is 4.79 Å². The number of carboxylic acid groups (broad SMARTS) is 1. The summed E-state index contributed by atoms with van der Waals surface area (Å²) in [6.07, 6.45) is -0.168. The summed E-state index contributed by atoms with van der Waals surface area (Å²) in [6.45, 7) is 0.827. The van der Waals surface area contributed by atoms with Gasteiger partial charge in [-0.05, 0) is 17.5 Å². The van der Waals surface area contributed by atoms with Crippen LogP contribution in [0.3, 0.4) is 0 Å². The second-order valence-corrected chi connectivity index (χ2v) is 3.77. The third-order valence-electron chi connectivity index (χ3n) is 2.87. The Morgan fingerprint density at radius 1 is 1.47 bits per heavy atom. The van der Waals surface area contributed by atoms with Crippen LogP contribution in [0.2, 0.25) is 0 Å². The molecule has 0 spiro atoms. The van der Waals surface area contributed by atoms with Crippen molar-refractivity contribution in [1.82, 2.24) is 4.90 Å². The van der Waals surface area contributed by atoms with E-state index < -0.39 is 6.09 Å². The van der Waals surface area contributed by atoms with Crippen molar-refractivity contribution >= 4 is 6.09 Å². The molecule has 1 heterocycles. The van der Waals surface area contributed by atoms with Crippen LogP contribution in [0.25, 0.3) is 0 Å². The quantitative estimate of drug-likeness (QED) is 0.721. The molecular formula is C11H14N2O2. The van der Waals surface area contributed by atoms with Crippen molar-refractivity contribution < 1.29 is 9.90 Å². The number of carbonyl (C=O) groups is 1. The van der Waals surface area contributed by atoms with Gasteiger partial charge in [-0.15, -0.1) is 0 Å². The van der Waals surface area contributed by atoms with E-state index >= 15 is 0 Å². The molecule has 0 radical (unpaired) electrons. The van der Waals surface area contributed by atoms with E-state index in [1.165, 1.54) is 10.5 Å². The second kappa shape index (κ2) is 3.90. The molecule has 0 bridgehead atoms. The van der Waals surface area contributed by atoms with Crippen molar-refractivity contribution in [3.63, 3.8) is 0 Å². The third kappa shape index (κ3) is 1.80. The van der Waals surface area contributed by atoms with Crippen LogP contribution < -0.4 is 5.73 Å². The minimum atomic E-state index is -0.889. The van der Waals surface area contributed by atoms with Gasteiger partial charge in [-0.1, -0.05) is 24.3 Å². The predicted molar refractivity (Wildman–Crippen MR) is 56.6 cm³/mol. The highest BCUT2D eigenvalue weighted by molar-refractivity contribution is 5.66. The normalized spacial score (nSPS) is 19.8. The summed E-state index contributed by atoms with van der Waals surface area (Å²) in [4.78, 5) is 12.4. The van der Waals surface area contributed by atoms with Crippen LogP contribution >= 0.6 is 0 Å². The Kier molecular flexibility index (Phi) is 2.60. The number of benzene rings is 1. The first-order chi connectivity index (χ1) is 7.22. The minimum absolute atomic E-state index is 0.0857. The Labute approximate surface area is 88.3 Å². The minimum Gasteiger partial charge on any atom is -0.465 e. The molecule has 0 aliphatic carbocycles. The van der Waals surface area contributed by atoms with Crippen molar-refractivity contribution in [2.24, 2.45) is 5.73 Å². The summed E-state index contributed by atoms with van der Waals surface area (Å²) in [5, 5.41) is 9.04. The summed E-state index contributed by atoms with van der Waals surface area (Å²) in [6, 6.07) is 7.83. The lowest BCUT2D eigenvalue weighted by molar-refractivity contribution is 0.116. The molecule has 1 atom stereocenters. The van der Waals surface area contributed by atoms with Gasteiger partial charge in [-0.3, -0.25) is 4.90 Å². The zero-order valence-electron chi connectivity index (χ0n) is 8.39. The van der Waals surface area contributed by atoms with Gasteiger partial charge in [0.1, 0.15) is 0 Å². The SMILES string of the molecule is NCC1Cc2ccccc2CN1C(=O)O. The van der Waals surface area contributed by atoms with Crippen LogP contribution in [0.4, 0.5) is 4.79 Å². The number of nitrogens with zero attached hydrogens (tertiary/aromatic N) is 1. The zero-order chi connectivity index (χ0) is 10.8. The van der Waals surface area contributed by atoms with Crippen molar-refractivity contribution in [1.29, 1.82) is 0 Å². The molecule has 3 N–H and O–H groups in total. The average molecular weight is 206 g/mol. The number of hydrogen-bond acceptors (Lipinski definition) is 2. The Balaban J connectivity index is 2.30. The van der Waals surface area contributed by atoms with Crippen molar-refractivity contribution in [2.75, 3.05) is 6.54 Å². The van der Waals surface area contributed by atoms with Crippen LogP contribution in [0, 0.1) is 0 Å². The average Bonchev–Trinajstić information content (AvgIpc) is 2.27. The highest BCUT2D eigenvalue weighted by atomic mass is 16.4. The number of nitrogens with two attached hydrogens (primary N) is 1. The van der Waals surface area contributed by atoms with Gasteiger partial charge >= 0.3 is 6.09 Å². The molecule has 1 aromatic carbocycles. The van der Waals surface area contributed by atoms with Crippen molar-refractivity contribution in [3.05, 3.63) is 35.4 Å². The molecule has 0 saturated heterocycles. The van der Waals surface area contributed by atoms with E-state index in [0.717, 1.165) is 12.0 Å². The summed E-state index contributed by atoms with van der Waals surface area (Å²) in [5.41, 5.74) is 7.88. The summed E-state index contributed by atoms with van der Waals surface area (Å²) >= 11 is 0. The third-order valence-corrected chi connectivity index (χ3v) is 2.87. The molecule has 1 aliphatic heterocycles. The number of hydrogen-bond donors (Lipinski definition) is 2. The van der Waals surface area contributed by atoms with Crippen LogP contribution in [0.15, 0.2) is 24.3 Å². The molecule has 0 fully saturated rings. The number of amides is 1. The first kappa shape index (κ1) is 9.98. The maximum absolute atomic E-state index is 11.0. The molecule has 2 rings (SSSR count). The van der Waals surface area contributed by atoms with E-state index in [1.54, 1.807) is 0 Å². The Hall–Kier alpha value is -1.55. The first-order valence-electron chi connectivity index (χ1n) is 4.98. The molecule has 1 aliphatic rings. The molecule has 0 saturated carbocycles. The molecule has 4 nitrogen and oxygen atoms in total. The number of fused-ring (bicyclic) bond motifs is 1. The first-order valence-corrected chi connectivity index (χ1v) is 4.98. The maximum Gasteiger partial charge on any atom is 0.407 e. The molecule has 15 heavy (non-hydrogen) atoms. The fourth-order valence-corrected chi connectivity index (χ4v) is 2.02. The Morgan fingerprint density at radius 2 is 2.13 bits per heavy atom. The molecule has 1 unspecified atom stereocenters. The Bertz CT molecular complexity index is 379. The predicted octanol–water partition coefficient (Wildman–Crippen LogP) is 1.05. The van der Waals surface area contributed by atoms with Crippen LogP contribution in [0.5, 0.6) is 0 Å². The van der Waals surface area contributed by atoms with Gasteiger partial charge in [0.05, 0.1) is 6.04 Å². The van der Waals surface area contributed by atoms with Crippen LogP contribution in [-0.2, 0) is 13.0 Å². The summed E-state index contributed by atoms with van der Waals surface area (Å²) in [7, 11) is 0. The monoisotopic (exact) mass is 206 g/mol. The molecular weight excluding hydrogens is 192 g/mol. The molecule has 4 heteroatoms. The van der Waals surface area contributed by atoms with Crippen LogP contribution in [0.1, 0.15) is 11.1 Å². The standard InChI is InChI=1S/C11H14N2O2/c12-6-10-5-8-3-1-2-4-9(8)7-13(10)11(14)15/h1-4,10H,5-7,12H2,(H,14,15). The van der Waals surface area contributed by atoms with Gasteiger partial charge in [0.15, 0.2) is 0 Å². The van der Waals surface area contributed by atoms with Crippen molar-refractivity contribution in [2.45, 2.75) is 19.0 Å². The maximum atomic E-state index is 11.0. The van der Waals surface area contributed by atoms with Gasteiger partial charge in [-0.25, -0.2) is 4.79 Å². The van der Waals surface area contributed by atoms with Gasteiger partial charge < -0.3 is 10.8 Å². The number of rotatable bonds is 1. The van der Waals surface area contributed by atoms with Gasteiger partial charge in [0.25, 0.3) is 0 Å². The van der Waals surface area contributed by atoms with Gasteiger partial charge in [0.2, 0.25) is 0 Å². The second-order valence-electron chi connectivity index (χ2n) is 3.77. The van der Waals surface area contributed by atoms with Gasteiger partial charge in [0, 0.05) is 13.1 Å². The van der Waals surface area contributed by atoms with E-state index in [4.69, 9.17) is 10.8 Å². The van der Waals surface area contributed by atoms with Crippen molar-refractivity contribution in [3.8, 4) is 0 Å². The summed E-state index contributed by atoms with van der Waals surface area (Å²) in [5.74, 6) is 0. The lowest BCUT2D eigenvalue weighted by atomic mass is 9.94. The lowest BCUT2D eigenvalue weighted by Gasteiger charge is -2.34. The highest BCUT2D eigenvalue weighted by Gasteiger charge is 2.28. The van der Waals surface area contributed by atoms with Gasteiger partial charge in [-0.2, -0.15) is 0 Å². The molecule has 0 aromatic heterocycles. The Morgan fingerprint density at radius 3 is 2.73 bits per heavy atom. The van der Waals surface area contributed by atoms with E-state index in [-0.39, 0.29) is 6.04 Å². The van der Waals surface area contributed by atoms with E-state index in [0.29, 0.717) is 13.1 Å². The zero-order valence-corrected chi connectivity index (χ0v) is 8.39. The smallest absolute Gasteiger partial charge is 0.407 e. The molecule has 1 amide bonds. The fraction of sp³-hybridized carbons (Fsp3) is 0.364. The van der Waals surface area contributed by atoms with Crippen LogP contribution in [-0.4, -0.2) is 28.7 Å². The van der Waals surface area contributed by atoms with E-state index in [1.807, 2.05) is 24.3 Å². The summed E-state index contributed by atoms with van der Waals surface area (Å²) < 4.78 is 0. The lowest BCUT2D eigenvalue weighted by Crippen LogP contribution is -2.47. The molecule has 1 aromatic rings. The van der Waals surface area contributed by atoms with E-state index in [2.05, 4.69) is 0 Å². The topological polar surface area (TPSA) is 66.6 Å². The molecule has 80 valence electrons.